The fourth-order valence-electron chi connectivity index (χ4n) is 3.24. The molecule has 3 aromatic rings. The smallest absolute Gasteiger partial charge is 0.270 e. The number of thioether (sulfide) groups is 1. The third-order valence-corrected chi connectivity index (χ3v) is 6.62. The van der Waals surface area contributed by atoms with Crippen LogP contribution in [0, 0.1) is 0 Å². The van der Waals surface area contributed by atoms with Crippen LogP contribution in [0.4, 0.5) is 5.69 Å². The second-order valence-electron chi connectivity index (χ2n) is 7.01. The van der Waals surface area contributed by atoms with E-state index in [9.17, 15) is 4.79 Å². The third-order valence-electron chi connectivity index (χ3n) is 4.95. The summed E-state index contributed by atoms with van der Waals surface area (Å²) in [5, 5.41) is 0.645. The van der Waals surface area contributed by atoms with Crippen molar-refractivity contribution in [2.45, 2.75) is 6.61 Å². The van der Waals surface area contributed by atoms with E-state index in [0.717, 1.165) is 11.1 Å². The van der Waals surface area contributed by atoms with Gasteiger partial charge in [0.05, 0.1) is 24.8 Å². The zero-order chi connectivity index (χ0) is 23.4. The van der Waals surface area contributed by atoms with Gasteiger partial charge in [0.15, 0.2) is 15.8 Å². The molecule has 0 spiro atoms. The molecule has 1 aliphatic rings. The van der Waals surface area contributed by atoms with Crippen molar-refractivity contribution < 1.29 is 19.0 Å². The number of ether oxygens (including phenoxy) is 3. The normalized spacial score (nSPS) is 14.6. The van der Waals surface area contributed by atoms with E-state index < -0.39 is 0 Å². The maximum Gasteiger partial charge on any atom is 0.270 e. The fourth-order valence-corrected chi connectivity index (χ4v) is 4.73. The molecule has 1 saturated heterocycles. The standard InChI is InChI=1S/C25H20ClNO4S2/c1-29-19-10-8-18(9-11-19)27-24(28)23(33-25(27)32)14-16-7-12-21(22(13-16)30-2)31-15-17-5-3-4-6-20(17)26/h3-14H,15H2,1-2H3/b23-14-. The van der Waals surface area contributed by atoms with Crippen LogP contribution in [0.5, 0.6) is 17.2 Å². The molecule has 168 valence electrons. The maximum absolute atomic E-state index is 13.0. The molecular weight excluding hydrogens is 478 g/mol. The van der Waals surface area contributed by atoms with Gasteiger partial charge in [-0.05, 0) is 54.1 Å². The molecule has 1 aliphatic heterocycles. The van der Waals surface area contributed by atoms with Crippen LogP contribution in [-0.2, 0) is 11.4 Å². The summed E-state index contributed by atoms with van der Waals surface area (Å²) >= 11 is 12.9. The molecule has 1 heterocycles. The van der Waals surface area contributed by atoms with Crippen LogP contribution in [0.3, 0.4) is 0 Å². The lowest BCUT2D eigenvalue weighted by atomic mass is 10.1. The number of carbonyl (C=O) groups is 1. The van der Waals surface area contributed by atoms with E-state index in [1.807, 2.05) is 42.5 Å². The van der Waals surface area contributed by atoms with E-state index in [0.29, 0.717) is 43.8 Å². The zero-order valence-electron chi connectivity index (χ0n) is 17.9. The predicted molar refractivity (Wildman–Crippen MR) is 137 cm³/mol. The van der Waals surface area contributed by atoms with E-state index in [1.165, 1.54) is 16.7 Å². The highest BCUT2D eigenvalue weighted by molar-refractivity contribution is 8.27. The average Bonchev–Trinajstić information content (AvgIpc) is 3.11. The summed E-state index contributed by atoms with van der Waals surface area (Å²) in [5.41, 5.74) is 2.38. The van der Waals surface area contributed by atoms with Crippen LogP contribution in [0.2, 0.25) is 5.02 Å². The quantitative estimate of drug-likeness (QED) is 0.280. The van der Waals surface area contributed by atoms with Gasteiger partial charge in [0, 0.05) is 10.6 Å². The first-order valence-electron chi connectivity index (χ1n) is 9.96. The van der Waals surface area contributed by atoms with Gasteiger partial charge in [-0.1, -0.05) is 59.8 Å². The van der Waals surface area contributed by atoms with Crippen molar-refractivity contribution in [3.05, 3.63) is 87.8 Å². The number of thiocarbonyl (C=S) groups is 1. The molecule has 5 nitrogen and oxygen atoms in total. The first kappa shape index (κ1) is 23.2. The highest BCUT2D eigenvalue weighted by Crippen LogP contribution is 2.37. The van der Waals surface area contributed by atoms with Gasteiger partial charge in [-0.3, -0.25) is 9.69 Å². The number of hydrogen-bond acceptors (Lipinski definition) is 6. The van der Waals surface area contributed by atoms with Crippen LogP contribution in [0.25, 0.3) is 6.08 Å². The monoisotopic (exact) mass is 497 g/mol. The molecule has 1 fully saturated rings. The van der Waals surface area contributed by atoms with E-state index in [1.54, 1.807) is 44.6 Å². The van der Waals surface area contributed by atoms with Crippen LogP contribution < -0.4 is 19.1 Å². The van der Waals surface area contributed by atoms with Crippen molar-refractivity contribution in [2.75, 3.05) is 19.1 Å². The molecule has 8 heteroatoms. The van der Waals surface area contributed by atoms with Crippen LogP contribution >= 0.6 is 35.6 Å². The summed E-state index contributed by atoms with van der Waals surface area (Å²) in [4.78, 5) is 15.1. The number of methoxy groups -OCH3 is 2. The number of halogens is 1. The molecule has 3 aromatic carbocycles. The van der Waals surface area contributed by atoms with Crippen molar-refractivity contribution in [3.63, 3.8) is 0 Å². The Labute approximate surface area is 206 Å². The Bertz CT molecular complexity index is 1230. The van der Waals surface area contributed by atoms with Crippen molar-refractivity contribution in [1.29, 1.82) is 0 Å². The first-order chi connectivity index (χ1) is 16.0. The molecule has 0 atom stereocenters. The van der Waals surface area contributed by atoms with Gasteiger partial charge >= 0.3 is 0 Å². The third kappa shape index (κ3) is 5.16. The van der Waals surface area contributed by atoms with E-state index in [-0.39, 0.29) is 5.91 Å². The Morgan fingerprint density at radius 3 is 2.45 bits per heavy atom. The second-order valence-corrected chi connectivity index (χ2v) is 9.09. The van der Waals surface area contributed by atoms with Gasteiger partial charge in [-0.15, -0.1) is 0 Å². The number of amides is 1. The van der Waals surface area contributed by atoms with Gasteiger partial charge < -0.3 is 14.2 Å². The van der Waals surface area contributed by atoms with Gasteiger partial charge in [-0.25, -0.2) is 0 Å². The number of benzene rings is 3. The SMILES string of the molecule is COc1ccc(N2C(=O)/C(=C/c3ccc(OCc4ccccc4Cl)c(OC)c3)SC2=S)cc1. The molecule has 0 bridgehead atoms. The minimum atomic E-state index is -0.173. The number of anilines is 1. The summed E-state index contributed by atoms with van der Waals surface area (Å²) in [6.45, 7) is 0.315. The van der Waals surface area contributed by atoms with Crippen molar-refractivity contribution in [1.82, 2.24) is 0 Å². The van der Waals surface area contributed by atoms with Gasteiger partial charge in [0.2, 0.25) is 0 Å². The molecule has 0 aromatic heterocycles. The van der Waals surface area contributed by atoms with Crippen molar-refractivity contribution in [2.24, 2.45) is 0 Å². The maximum atomic E-state index is 13.0. The van der Waals surface area contributed by atoms with Crippen LogP contribution in [0.1, 0.15) is 11.1 Å². The highest BCUT2D eigenvalue weighted by atomic mass is 35.5. The Balaban J connectivity index is 1.53. The molecule has 0 saturated carbocycles. The van der Waals surface area contributed by atoms with Crippen LogP contribution in [0.15, 0.2) is 71.6 Å². The van der Waals surface area contributed by atoms with Gasteiger partial charge in [-0.2, -0.15) is 0 Å². The lowest BCUT2D eigenvalue weighted by Gasteiger charge is -2.14. The summed E-state index contributed by atoms with van der Waals surface area (Å²) in [7, 11) is 3.17. The van der Waals surface area contributed by atoms with Gasteiger partial charge in [0.1, 0.15) is 12.4 Å². The minimum absolute atomic E-state index is 0.173. The fraction of sp³-hybridized carbons (Fsp3) is 0.120. The summed E-state index contributed by atoms with van der Waals surface area (Å²) < 4.78 is 17.1. The molecule has 0 N–H and O–H groups in total. The Morgan fingerprint density at radius 1 is 1.00 bits per heavy atom. The number of rotatable bonds is 7. The number of carbonyl (C=O) groups excluding carboxylic acids is 1. The topological polar surface area (TPSA) is 48.0 Å². The van der Waals surface area contributed by atoms with E-state index >= 15 is 0 Å². The second kappa shape index (κ2) is 10.3. The van der Waals surface area contributed by atoms with E-state index in [2.05, 4.69) is 0 Å². The average molecular weight is 498 g/mol. The van der Waals surface area contributed by atoms with Crippen molar-refractivity contribution >= 4 is 57.6 Å². The van der Waals surface area contributed by atoms with Gasteiger partial charge in [0.25, 0.3) is 5.91 Å². The number of nitrogens with zero attached hydrogens (tertiary/aromatic N) is 1. The molecule has 0 aliphatic carbocycles. The first-order valence-corrected chi connectivity index (χ1v) is 11.6. The lowest BCUT2D eigenvalue weighted by Crippen LogP contribution is -2.27. The molecule has 1 amide bonds. The molecule has 0 radical (unpaired) electrons. The Hall–Kier alpha value is -3.00. The zero-order valence-corrected chi connectivity index (χ0v) is 20.3. The Kier molecular flexibility index (Phi) is 7.23. The summed E-state index contributed by atoms with van der Waals surface area (Å²) in [6, 6.07) is 20.2. The molecule has 4 rings (SSSR count). The summed E-state index contributed by atoms with van der Waals surface area (Å²) in [5.74, 6) is 1.68. The van der Waals surface area contributed by atoms with E-state index in [4.69, 9.17) is 38.0 Å². The minimum Gasteiger partial charge on any atom is -0.497 e. The molecule has 33 heavy (non-hydrogen) atoms. The summed E-state index contributed by atoms with van der Waals surface area (Å²) in [6.07, 6.45) is 1.79. The largest absolute Gasteiger partial charge is 0.497 e. The highest BCUT2D eigenvalue weighted by Gasteiger charge is 2.33. The predicted octanol–water partition coefficient (Wildman–Crippen LogP) is 6.34. The molecular formula is C25H20ClNO4S2. The molecule has 0 unspecified atom stereocenters. The lowest BCUT2D eigenvalue weighted by molar-refractivity contribution is -0.113. The van der Waals surface area contributed by atoms with Crippen molar-refractivity contribution in [3.8, 4) is 17.2 Å². The Morgan fingerprint density at radius 2 is 1.76 bits per heavy atom. The van der Waals surface area contributed by atoms with Crippen LogP contribution in [-0.4, -0.2) is 24.4 Å². The number of hydrogen-bond donors (Lipinski definition) is 0.